The molecule has 0 amide bonds. The maximum absolute atomic E-state index is 6.10. The van der Waals surface area contributed by atoms with Crippen LogP contribution in [0.25, 0.3) is 0 Å². The molecule has 1 aromatic rings. The summed E-state index contributed by atoms with van der Waals surface area (Å²) in [5, 5.41) is 0. The topological polar surface area (TPSA) is 36.9 Å². The Bertz CT molecular complexity index is 455. The summed E-state index contributed by atoms with van der Waals surface area (Å²) in [7, 11) is 1.69. The van der Waals surface area contributed by atoms with Crippen molar-refractivity contribution >= 4 is 0 Å². The van der Waals surface area contributed by atoms with Gasteiger partial charge in [-0.1, -0.05) is 57.6 Å². The monoisotopic (exact) mass is 380 g/mol. The van der Waals surface area contributed by atoms with Gasteiger partial charge in [0, 0.05) is 19.8 Å². The lowest BCUT2D eigenvalue weighted by Gasteiger charge is -2.39. The van der Waals surface area contributed by atoms with Crippen LogP contribution in [0.5, 0.6) is 5.75 Å². The Morgan fingerprint density at radius 3 is 1.74 bits per heavy atom. The molecule has 1 aromatic carbocycles. The van der Waals surface area contributed by atoms with Crippen molar-refractivity contribution in [1.82, 2.24) is 0 Å². The zero-order valence-corrected chi connectivity index (χ0v) is 18.1. The zero-order valence-electron chi connectivity index (χ0n) is 18.1. The largest absolute Gasteiger partial charge is 0.497 e. The first-order chi connectivity index (χ1) is 13.2. The van der Waals surface area contributed by atoms with E-state index in [1.54, 1.807) is 7.11 Å². The second-order valence-corrected chi connectivity index (χ2v) is 6.78. The third kappa shape index (κ3) is 7.81. The fraction of sp³-hybridized carbons (Fsp3) is 0.739. The minimum absolute atomic E-state index is 0.0226. The number of rotatable bonds is 16. The van der Waals surface area contributed by atoms with E-state index in [1.165, 1.54) is 37.7 Å². The number of methoxy groups -OCH3 is 1. The summed E-state index contributed by atoms with van der Waals surface area (Å²) in [4.78, 5) is 0. The lowest BCUT2D eigenvalue weighted by Crippen LogP contribution is -2.45. The van der Waals surface area contributed by atoms with E-state index >= 15 is 0 Å². The summed E-state index contributed by atoms with van der Waals surface area (Å²) in [6, 6.07) is 8.20. The van der Waals surface area contributed by atoms with E-state index in [1.807, 2.05) is 32.9 Å². The maximum Gasteiger partial charge on any atom is 0.290 e. The highest BCUT2D eigenvalue weighted by Gasteiger charge is 2.42. The van der Waals surface area contributed by atoms with E-state index in [0.717, 1.165) is 18.6 Å². The van der Waals surface area contributed by atoms with Crippen molar-refractivity contribution in [2.45, 2.75) is 84.5 Å². The molecule has 0 saturated carbocycles. The van der Waals surface area contributed by atoms with E-state index in [-0.39, 0.29) is 5.92 Å². The third-order valence-electron chi connectivity index (χ3n) is 4.83. The molecule has 0 radical (unpaired) electrons. The summed E-state index contributed by atoms with van der Waals surface area (Å²) in [5.74, 6) is -0.155. The minimum Gasteiger partial charge on any atom is -0.497 e. The zero-order chi connectivity index (χ0) is 20.0. The highest BCUT2D eigenvalue weighted by molar-refractivity contribution is 5.30. The first kappa shape index (κ1) is 23.9. The molecule has 0 saturated heterocycles. The molecule has 156 valence electrons. The Labute approximate surface area is 166 Å². The number of hydrogen-bond acceptors (Lipinski definition) is 4. The number of unbranched alkanes of at least 4 members (excludes halogenated alkanes) is 5. The summed E-state index contributed by atoms with van der Waals surface area (Å²) in [5.41, 5.74) is 1.17. The van der Waals surface area contributed by atoms with Crippen LogP contribution >= 0.6 is 0 Å². The third-order valence-corrected chi connectivity index (χ3v) is 4.83. The van der Waals surface area contributed by atoms with Crippen molar-refractivity contribution in [1.29, 1.82) is 0 Å². The predicted octanol–water partition coefficient (Wildman–Crippen LogP) is 6.29. The van der Waals surface area contributed by atoms with Crippen LogP contribution < -0.4 is 4.74 Å². The molecule has 0 spiro atoms. The Morgan fingerprint density at radius 1 is 0.741 bits per heavy atom. The fourth-order valence-electron chi connectivity index (χ4n) is 3.54. The quantitative estimate of drug-likeness (QED) is 0.249. The van der Waals surface area contributed by atoms with Crippen LogP contribution in [0.4, 0.5) is 0 Å². The normalized spacial score (nSPS) is 12.9. The lowest BCUT2D eigenvalue weighted by atomic mass is 9.90. The molecule has 4 nitrogen and oxygen atoms in total. The smallest absolute Gasteiger partial charge is 0.290 e. The van der Waals surface area contributed by atoms with Gasteiger partial charge in [0.1, 0.15) is 5.75 Å². The molecule has 0 bridgehead atoms. The standard InChI is InChI=1S/C23H40O4/c1-6-10-11-12-13-14-15-22(20-16-18-21(24-5)19-17-20)23(25-7-2,26-8-3)27-9-4/h16-19,22H,6-15H2,1-5H3. The van der Waals surface area contributed by atoms with Gasteiger partial charge in [-0.25, -0.2) is 0 Å². The molecular formula is C23H40O4. The summed E-state index contributed by atoms with van der Waals surface area (Å²) < 4.78 is 23.6. The van der Waals surface area contributed by atoms with Crippen molar-refractivity contribution in [2.24, 2.45) is 0 Å². The first-order valence-electron chi connectivity index (χ1n) is 10.7. The van der Waals surface area contributed by atoms with E-state index in [0.29, 0.717) is 19.8 Å². The molecule has 1 atom stereocenters. The van der Waals surface area contributed by atoms with E-state index in [2.05, 4.69) is 19.1 Å². The van der Waals surface area contributed by atoms with Crippen LogP contribution in [0.1, 0.15) is 84.1 Å². The fourth-order valence-corrected chi connectivity index (χ4v) is 3.54. The molecule has 0 aliphatic rings. The van der Waals surface area contributed by atoms with Crippen LogP contribution in [-0.2, 0) is 14.2 Å². The van der Waals surface area contributed by atoms with Gasteiger partial charge in [-0.15, -0.1) is 0 Å². The van der Waals surface area contributed by atoms with Gasteiger partial charge in [0.05, 0.1) is 13.0 Å². The average Bonchev–Trinajstić information content (AvgIpc) is 2.68. The number of hydrogen-bond donors (Lipinski definition) is 0. The van der Waals surface area contributed by atoms with Gasteiger partial charge in [-0.3, -0.25) is 0 Å². The van der Waals surface area contributed by atoms with E-state index in [9.17, 15) is 0 Å². The molecule has 0 fully saturated rings. The van der Waals surface area contributed by atoms with Crippen LogP contribution in [0.15, 0.2) is 24.3 Å². The summed E-state index contributed by atoms with van der Waals surface area (Å²) in [6.45, 7) is 9.85. The van der Waals surface area contributed by atoms with Gasteiger partial charge >= 0.3 is 0 Å². The van der Waals surface area contributed by atoms with E-state index in [4.69, 9.17) is 18.9 Å². The molecule has 27 heavy (non-hydrogen) atoms. The van der Waals surface area contributed by atoms with Crippen LogP contribution in [-0.4, -0.2) is 32.9 Å². The van der Waals surface area contributed by atoms with Crippen molar-refractivity contribution in [2.75, 3.05) is 26.9 Å². The first-order valence-corrected chi connectivity index (χ1v) is 10.7. The molecule has 0 heterocycles. The summed E-state index contributed by atoms with van der Waals surface area (Å²) in [6.07, 6.45) is 8.53. The van der Waals surface area contributed by atoms with E-state index < -0.39 is 5.97 Å². The van der Waals surface area contributed by atoms with Crippen LogP contribution in [0.2, 0.25) is 0 Å². The number of benzene rings is 1. The minimum atomic E-state index is -1.03. The molecule has 0 N–H and O–H groups in total. The van der Waals surface area contributed by atoms with Crippen LogP contribution in [0, 0.1) is 0 Å². The highest BCUT2D eigenvalue weighted by atomic mass is 16.9. The maximum atomic E-state index is 6.10. The molecule has 0 aliphatic carbocycles. The molecular weight excluding hydrogens is 340 g/mol. The van der Waals surface area contributed by atoms with Gasteiger partial charge < -0.3 is 18.9 Å². The second kappa shape index (κ2) is 14.0. The van der Waals surface area contributed by atoms with Gasteiger partial charge in [-0.2, -0.15) is 0 Å². The van der Waals surface area contributed by atoms with Gasteiger partial charge in [0.2, 0.25) is 0 Å². The van der Waals surface area contributed by atoms with Crippen molar-refractivity contribution in [3.63, 3.8) is 0 Å². The molecule has 4 heteroatoms. The number of ether oxygens (including phenoxy) is 4. The SMILES string of the molecule is CCCCCCCCC(c1ccc(OC)cc1)C(OCC)(OCC)OCC. The molecule has 0 aliphatic heterocycles. The highest BCUT2D eigenvalue weighted by Crippen LogP contribution is 2.39. The molecule has 0 aromatic heterocycles. The van der Waals surface area contributed by atoms with Crippen molar-refractivity contribution in [3.8, 4) is 5.75 Å². The van der Waals surface area contributed by atoms with Gasteiger partial charge in [-0.05, 0) is 44.9 Å². The Hall–Kier alpha value is -1.10. The van der Waals surface area contributed by atoms with Gasteiger partial charge in [0.15, 0.2) is 0 Å². The lowest BCUT2D eigenvalue weighted by molar-refractivity contribution is -0.389. The van der Waals surface area contributed by atoms with Gasteiger partial charge in [0.25, 0.3) is 5.97 Å². The van der Waals surface area contributed by atoms with Crippen molar-refractivity contribution in [3.05, 3.63) is 29.8 Å². The average molecular weight is 381 g/mol. The predicted molar refractivity (Wildman–Crippen MR) is 111 cm³/mol. The molecule has 1 unspecified atom stereocenters. The Kier molecular flexibility index (Phi) is 12.4. The summed E-state index contributed by atoms with van der Waals surface area (Å²) >= 11 is 0. The Morgan fingerprint density at radius 2 is 1.26 bits per heavy atom. The second-order valence-electron chi connectivity index (χ2n) is 6.78. The van der Waals surface area contributed by atoms with Crippen molar-refractivity contribution < 1.29 is 18.9 Å². The van der Waals surface area contributed by atoms with Crippen LogP contribution in [0.3, 0.4) is 0 Å². The molecule has 1 rings (SSSR count). The Balaban J connectivity index is 3.00.